The smallest absolute Gasteiger partial charge is 0.124 e. The van der Waals surface area contributed by atoms with Gasteiger partial charge in [0.05, 0.1) is 18.6 Å². The Hall–Kier alpha value is -1.53. The minimum absolute atomic E-state index is 0.0247. The second kappa shape index (κ2) is 6.93. The van der Waals surface area contributed by atoms with Gasteiger partial charge in [-0.25, -0.2) is 0 Å². The first-order chi connectivity index (χ1) is 8.19. The Morgan fingerprint density at radius 3 is 2.71 bits per heavy atom. The van der Waals surface area contributed by atoms with E-state index in [9.17, 15) is 0 Å². The van der Waals surface area contributed by atoms with Crippen molar-refractivity contribution in [3.63, 3.8) is 0 Å². The Morgan fingerprint density at radius 2 is 2.06 bits per heavy atom. The summed E-state index contributed by atoms with van der Waals surface area (Å²) in [5, 5.41) is 12.1. The number of hydrogen-bond donors (Lipinski definition) is 1. The fraction of sp³-hybridized carbons (Fsp3) is 0.500. The van der Waals surface area contributed by atoms with Crippen molar-refractivity contribution in [2.45, 2.75) is 26.8 Å². The number of nitrogens with one attached hydrogen (secondary N) is 1. The van der Waals surface area contributed by atoms with Crippen LogP contribution in [0.25, 0.3) is 0 Å². The Balaban J connectivity index is 2.68. The highest BCUT2D eigenvalue weighted by molar-refractivity contribution is 5.35. The van der Waals surface area contributed by atoms with Crippen LogP contribution in [-0.2, 0) is 0 Å². The van der Waals surface area contributed by atoms with E-state index in [1.165, 1.54) is 0 Å². The average molecular weight is 232 g/mol. The lowest BCUT2D eigenvalue weighted by Crippen LogP contribution is -2.24. The molecule has 1 aromatic carbocycles. The van der Waals surface area contributed by atoms with Gasteiger partial charge in [-0.05, 0) is 26.8 Å². The Kier molecular flexibility index (Phi) is 5.51. The monoisotopic (exact) mass is 232 g/mol. The van der Waals surface area contributed by atoms with Gasteiger partial charge in [-0.15, -0.1) is 0 Å². The molecule has 1 aromatic rings. The van der Waals surface area contributed by atoms with Crippen molar-refractivity contribution in [3.8, 4) is 11.8 Å². The van der Waals surface area contributed by atoms with Gasteiger partial charge in [0.25, 0.3) is 0 Å². The number of rotatable bonds is 6. The number of nitriles is 1. The standard InChI is InChI=1S/C14H20N2O/c1-4-17-14-8-6-5-7-13(14)12(3)16-10-11(2)9-15/h5-8,11-12,16H,4,10H2,1-3H3. The summed E-state index contributed by atoms with van der Waals surface area (Å²) in [6, 6.07) is 10.4. The van der Waals surface area contributed by atoms with Crippen molar-refractivity contribution in [3.05, 3.63) is 29.8 Å². The molecule has 0 aliphatic rings. The van der Waals surface area contributed by atoms with Crippen molar-refractivity contribution in [2.24, 2.45) is 5.92 Å². The van der Waals surface area contributed by atoms with Crippen LogP contribution >= 0.6 is 0 Å². The van der Waals surface area contributed by atoms with Crippen LogP contribution in [0.4, 0.5) is 0 Å². The third-order valence-corrected chi connectivity index (χ3v) is 2.64. The molecule has 2 unspecified atom stereocenters. The van der Waals surface area contributed by atoms with E-state index >= 15 is 0 Å². The van der Waals surface area contributed by atoms with Gasteiger partial charge < -0.3 is 10.1 Å². The highest BCUT2D eigenvalue weighted by Crippen LogP contribution is 2.24. The molecule has 1 N–H and O–H groups in total. The van der Waals surface area contributed by atoms with E-state index in [2.05, 4.69) is 24.4 Å². The maximum atomic E-state index is 8.74. The highest BCUT2D eigenvalue weighted by Gasteiger charge is 2.11. The number of nitrogens with zero attached hydrogens (tertiary/aromatic N) is 1. The van der Waals surface area contributed by atoms with Crippen LogP contribution in [0.15, 0.2) is 24.3 Å². The summed E-state index contributed by atoms with van der Waals surface area (Å²) >= 11 is 0. The third kappa shape index (κ3) is 4.08. The van der Waals surface area contributed by atoms with Gasteiger partial charge in [0.1, 0.15) is 5.75 Å². The maximum Gasteiger partial charge on any atom is 0.124 e. The van der Waals surface area contributed by atoms with Gasteiger partial charge in [-0.3, -0.25) is 0 Å². The number of hydrogen-bond acceptors (Lipinski definition) is 3. The van der Waals surface area contributed by atoms with Crippen molar-refractivity contribution in [2.75, 3.05) is 13.2 Å². The molecule has 0 spiro atoms. The van der Waals surface area contributed by atoms with Crippen LogP contribution in [-0.4, -0.2) is 13.2 Å². The van der Waals surface area contributed by atoms with Crippen LogP contribution < -0.4 is 10.1 Å². The normalized spacial score (nSPS) is 13.8. The predicted molar refractivity (Wildman–Crippen MR) is 68.8 cm³/mol. The Labute approximate surface area is 103 Å². The summed E-state index contributed by atoms with van der Waals surface area (Å²) in [7, 11) is 0. The molecule has 0 bridgehead atoms. The molecular weight excluding hydrogens is 212 g/mol. The van der Waals surface area contributed by atoms with Crippen LogP contribution in [0.3, 0.4) is 0 Å². The van der Waals surface area contributed by atoms with Crippen molar-refractivity contribution in [1.82, 2.24) is 5.32 Å². The zero-order valence-electron chi connectivity index (χ0n) is 10.7. The molecule has 92 valence electrons. The van der Waals surface area contributed by atoms with Crippen LogP contribution in [0, 0.1) is 17.2 Å². The molecule has 0 fully saturated rings. The first kappa shape index (κ1) is 13.5. The lowest BCUT2D eigenvalue weighted by atomic mass is 10.1. The van der Waals surface area contributed by atoms with Crippen LogP contribution in [0.1, 0.15) is 32.4 Å². The van der Waals surface area contributed by atoms with E-state index in [1.54, 1.807) is 0 Å². The molecule has 0 aliphatic carbocycles. The Morgan fingerprint density at radius 1 is 1.35 bits per heavy atom. The summed E-state index contributed by atoms with van der Waals surface area (Å²) in [6.07, 6.45) is 0. The van der Waals surface area contributed by atoms with Gasteiger partial charge in [0, 0.05) is 18.2 Å². The Bertz CT molecular complexity index is 384. The summed E-state index contributed by atoms with van der Waals surface area (Å²) in [5.74, 6) is 0.941. The molecule has 0 aliphatic heterocycles. The molecular formula is C14H20N2O. The molecule has 0 amide bonds. The van der Waals surface area contributed by atoms with Gasteiger partial charge >= 0.3 is 0 Å². The van der Waals surface area contributed by atoms with Crippen molar-refractivity contribution in [1.29, 1.82) is 5.26 Å². The second-order valence-corrected chi connectivity index (χ2v) is 4.13. The predicted octanol–water partition coefficient (Wildman–Crippen LogP) is 2.90. The minimum Gasteiger partial charge on any atom is -0.494 e. The average Bonchev–Trinajstić information content (AvgIpc) is 2.36. The summed E-state index contributed by atoms with van der Waals surface area (Å²) in [4.78, 5) is 0. The highest BCUT2D eigenvalue weighted by atomic mass is 16.5. The van der Waals surface area contributed by atoms with E-state index in [0.29, 0.717) is 13.2 Å². The molecule has 3 nitrogen and oxygen atoms in total. The molecule has 0 heterocycles. The SMILES string of the molecule is CCOc1ccccc1C(C)NCC(C)C#N. The molecule has 0 saturated heterocycles. The minimum atomic E-state index is 0.0247. The van der Waals surface area contributed by atoms with E-state index < -0.39 is 0 Å². The number of para-hydroxylation sites is 1. The summed E-state index contributed by atoms with van der Waals surface area (Å²) in [6.45, 7) is 7.33. The summed E-state index contributed by atoms with van der Waals surface area (Å²) in [5.41, 5.74) is 1.14. The van der Waals surface area contributed by atoms with Crippen molar-refractivity contribution < 1.29 is 4.74 Å². The van der Waals surface area contributed by atoms with Gasteiger partial charge in [-0.2, -0.15) is 5.26 Å². The molecule has 0 aromatic heterocycles. The lowest BCUT2D eigenvalue weighted by molar-refractivity contribution is 0.332. The molecule has 3 heteroatoms. The maximum absolute atomic E-state index is 8.74. The fourth-order valence-electron chi connectivity index (χ4n) is 1.63. The van der Waals surface area contributed by atoms with E-state index in [4.69, 9.17) is 10.00 Å². The third-order valence-electron chi connectivity index (χ3n) is 2.64. The molecule has 17 heavy (non-hydrogen) atoms. The zero-order valence-corrected chi connectivity index (χ0v) is 10.7. The second-order valence-electron chi connectivity index (χ2n) is 4.13. The summed E-state index contributed by atoms with van der Waals surface area (Å²) < 4.78 is 5.59. The van der Waals surface area contributed by atoms with E-state index in [0.717, 1.165) is 11.3 Å². The van der Waals surface area contributed by atoms with Gasteiger partial charge in [0.2, 0.25) is 0 Å². The number of ether oxygens (including phenoxy) is 1. The van der Waals surface area contributed by atoms with E-state index in [-0.39, 0.29) is 12.0 Å². The quantitative estimate of drug-likeness (QED) is 0.820. The van der Waals surface area contributed by atoms with Gasteiger partial charge in [0.15, 0.2) is 0 Å². The lowest BCUT2D eigenvalue weighted by Gasteiger charge is -2.18. The fourth-order valence-corrected chi connectivity index (χ4v) is 1.63. The largest absolute Gasteiger partial charge is 0.494 e. The molecule has 0 saturated carbocycles. The van der Waals surface area contributed by atoms with Crippen molar-refractivity contribution >= 4 is 0 Å². The first-order valence-electron chi connectivity index (χ1n) is 6.03. The topological polar surface area (TPSA) is 45.0 Å². The van der Waals surface area contributed by atoms with E-state index in [1.807, 2.05) is 32.0 Å². The van der Waals surface area contributed by atoms with Gasteiger partial charge in [-0.1, -0.05) is 18.2 Å². The molecule has 2 atom stereocenters. The van der Waals surface area contributed by atoms with Crippen LogP contribution in [0.2, 0.25) is 0 Å². The number of benzene rings is 1. The molecule has 0 radical (unpaired) electrons. The molecule has 1 rings (SSSR count). The zero-order chi connectivity index (χ0) is 12.7. The first-order valence-corrected chi connectivity index (χ1v) is 6.03. The van der Waals surface area contributed by atoms with Crippen LogP contribution in [0.5, 0.6) is 5.75 Å².